The highest BCUT2D eigenvalue weighted by molar-refractivity contribution is 6.32. The topological polar surface area (TPSA) is 81.5 Å². The van der Waals surface area contributed by atoms with Crippen LogP contribution in [0, 0.1) is 17.0 Å². The maximum Gasteiger partial charge on any atom is 0.289 e. The lowest BCUT2D eigenvalue weighted by atomic mass is 10.2. The van der Waals surface area contributed by atoms with E-state index in [0.29, 0.717) is 10.8 Å². The van der Waals surface area contributed by atoms with E-state index in [1.54, 1.807) is 18.2 Å². The van der Waals surface area contributed by atoms with Gasteiger partial charge in [-0.25, -0.2) is 0 Å². The monoisotopic (exact) mass is 354 g/mol. The highest BCUT2D eigenvalue weighted by Crippen LogP contribution is 2.27. The van der Waals surface area contributed by atoms with Gasteiger partial charge in [0.15, 0.2) is 6.61 Å². The molecule has 0 aliphatic rings. The molecule has 23 heavy (non-hydrogen) atoms. The fourth-order valence-electron chi connectivity index (χ4n) is 1.78. The number of aryl methyl sites for hydroxylation is 1. The average molecular weight is 355 g/mol. The Labute approximate surface area is 142 Å². The van der Waals surface area contributed by atoms with Gasteiger partial charge in [-0.1, -0.05) is 23.2 Å². The summed E-state index contributed by atoms with van der Waals surface area (Å²) in [5.74, 6) is 0.0540. The van der Waals surface area contributed by atoms with Crippen LogP contribution in [-0.4, -0.2) is 17.4 Å². The summed E-state index contributed by atoms with van der Waals surface area (Å²) >= 11 is 11.6. The lowest BCUT2D eigenvalue weighted by Gasteiger charge is -2.09. The Morgan fingerprint density at radius 1 is 1.22 bits per heavy atom. The fraction of sp³-hybridized carbons (Fsp3) is 0.133. The Hall–Kier alpha value is -2.31. The molecule has 0 heterocycles. The van der Waals surface area contributed by atoms with Gasteiger partial charge in [0.25, 0.3) is 11.6 Å². The smallest absolute Gasteiger partial charge is 0.289 e. The Morgan fingerprint density at radius 3 is 2.57 bits per heavy atom. The molecule has 0 saturated carbocycles. The lowest BCUT2D eigenvalue weighted by molar-refractivity contribution is -0.384. The summed E-state index contributed by atoms with van der Waals surface area (Å²) in [6.07, 6.45) is 0. The molecule has 0 aliphatic carbocycles. The first-order valence-electron chi connectivity index (χ1n) is 6.49. The number of halogens is 2. The summed E-state index contributed by atoms with van der Waals surface area (Å²) in [6.45, 7) is 1.58. The van der Waals surface area contributed by atoms with Crippen LogP contribution in [0.25, 0.3) is 0 Å². The quantitative estimate of drug-likeness (QED) is 0.643. The van der Waals surface area contributed by atoms with Crippen molar-refractivity contribution >= 4 is 40.5 Å². The van der Waals surface area contributed by atoms with E-state index in [2.05, 4.69) is 5.32 Å². The normalized spacial score (nSPS) is 10.2. The number of nitrogens with one attached hydrogen (secondary N) is 1. The molecule has 2 rings (SSSR count). The van der Waals surface area contributed by atoms with Crippen molar-refractivity contribution in [2.45, 2.75) is 6.92 Å². The van der Waals surface area contributed by atoms with Gasteiger partial charge in [0.2, 0.25) is 0 Å². The molecular formula is C15H12Cl2N2O4. The number of anilines is 1. The zero-order valence-corrected chi connectivity index (χ0v) is 13.5. The number of nitro benzene ring substituents is 1. The molecule has 0 unspecified atom stereocenters. The average Bonchev–Trinajstić information content (AvgIpc) is 2.50. The minimum absolute atomic E-state index is 0.000823. The van der Waals surface area contributed by atoms with Crippen molar-refractivity contribution in [2.24, 2.45) is 0 Å². The molecule has 2 aromatic rings. The van der Waals surface area contributed by atoms with Crippen molar-refractivity contribution < 1.29 is 14.5 Å². The highest BCUT2D eigenvalue weighted by Gasteiger charge is 2.14. The predicted molar refractivity (Wildman–Crippen MR) is 88.4 cm³/mol. The fourth-order valence-corrected chi connectivity index (χ4v) is 2.09. The zero-order chi connectivity index (χ0) is 17.0. The molecule has 1 amide bonds. The Balaban J connectivity index is 1.98. The standard InChI is InChI=1S/C15H12Cl2N2O4/c1-9-6-11(3-5-12(9)16)23-8-15(20)18-10-2-4-13(17)14(7-10)19(21)22/h2-7H,8H2,1H3,(H,18,20). The molecule has 2 aromatic carbocycles. The molecule has 1 N–H and O–H groups in total. The summed E-state index contributed by atoms with van der Waals surface area (Å²) in [7, 11) is 0. The molecule has 0 fully saturated rings. The molecule has 0 aliphatic heterocycles. The Morgan fingerprint density at radius 2 is 1.91 bits per heavy atom. The van der Waals surface area contributed by atoms with Gasteiger partial charge in [-0.3, -0.25) is 14.9 Å². The van der Waals surface area contributed by atoms with Crippen LogP contribution in [0.5, 0.6) is 5.75 Å². The van der Waals surface area contributed by atoms with Crippen molar-refractivity contribution in [3.63, 3.8) is 0 Å². The number of rotatable bonds is 5. The largest absolute Gasteiger partial charge is 0.484 e. The third kappa shape index (κ3) is 4.58. The van der Waals surface area contributed by atoms with Crippen LogP contribution in [0.3, 0.4) is 0 Å². The van der Waals surface area contributed by atoms with E-state index >= 15 is 0 Å². The molecule has 8 heteroatoms. The molecule has 0 atom stereocenters. The first-order chi connectivity index (χ1) is 10.9. The van der Waals surface area contributed by atoms with Crippen LogP contribution < -0.4 is 10.1 Å². The number of nitrogens with zero attached hydrogens (tertiary/aromatic N) is 1. The van der Waals surface area contributed by atoms with Gasteiger partial charge in [-0.2, -0.15) is 0 Å². The van der Waals surface area contributed by atoms with Gasteiger partial charge in [-0.05, 0) is 42.8 Å². The van der Waals surface area contributed by atoms with E-state index in [-0.39, 0.29) is 23.0 Å². The molecule has 6 nitrogen and oxygen atoms in total. The van der Waals surface area contributed by atoms with E-state index in [4.69, 9.17) is 27.9 Å². The Kier molecular flexibility index (Phi) is 5.41. The maximum atomic E-state index is 11.8. The number of hydrogen-bond acceptors (Lipinski definition) is 4. The SMILES string of the molecule is Cc1cc(OCC(=O)Nc2ccc(Cl)c([N+](=O)[O-])c2)ccc1Cl. The molecule has 0 aromatic heterocycles. The molecule has 120 valence electrons. The number of carbonyl (C=O) groups is 1. The number of nitro groups is 1. The highest BCUT2D eigenvalue weighted by atomic mass is 35.5. The van der Waals surface area contributed by atoms with Gasteiger partial charge in [0.05, 0.1) is 4.92 Å². The third-order valence-electron chi connectivity index (χ3n) is 2.93. The van der Waals surface area contributed by atoms with Crippen LogP contribution in [0.15, 0.2) is 36.4 Å². The summed E-state index contributed by atoms with van der Waals surface area (Å²) < 4.78 is 5.35. The number of carbonyl (C=O) groups excluding carboxylic acids is 1. The van der Waals surface area contributed by atoms with Gasteiger partial charge in [-0.15, -0.1) is 0 Å². The number of ether oxygens (including phenoxy) is 1. The van der Waals surface area contributed by atoms with Crippen LogP contribution >= 0.6 is 23.2 Å². The van der Waals surface area contributed by atoms with Crippen LogP contribution in [-0.2, 0) is 4.79 Å². The summed E-state index contributed by atoms with van der Waals surface area (Å²) in [4.78, 5) is 22.0. The van der Waals surface area contributed by atoms with E-state index in [9.17, 15) is 14.9 Å². The van der Waals surface area contributed by atoms with Crippen molar-refractivity contribution in [2.75, 3.05) is 11.9 Å². The third-order valence-corrected chi connectivity index (χ3v) is 3.67. The summed E-state index contributed by atoms with van der Waals surface area (Å²) in [5, 5.41) is 13.9. The van der Waals surface area contributed by atoms with Crippen LogP contribution in [0.2, 0.25) is 10.0 Å². The zero-order valence-electron chi connectivity index (χ0n) is 12.0. The van der Waals surface area contributed by atoms with E-state index in [1.165, 1.54) is 18.2 Å². The molecule has 0 spiro atoms. The maximum absolute atomic E-state index is 11.8. The number of benzene rings is 2. The predicted octanol–water partition coefficient (Wildman–Crippen LogP) is 4.23. The number of amides is 1. The first-order valence-corrected chi connectivity index (χ1v) is 7.25. The summed E-state index contributed by atoms with van der Waals surface area (Å²) in [6, 6.07) is 9.04. The summed E-state index contributed by atoms with van der Waals surface area (Å²) in [5.41, 5.74) is 0.818. The minimum Gasteiger partial charge on any atom is -0.484 e. The van der Waals surface area contributed by atoms with E-state index in [1.807, 2.05) is 6.92 Å². The number of hydrogen-bond donors (Lipinski definition) is 1. The van der Waals surface area contributed by atoms with Crippen LogP contribution in [0.4, 0.5) is 11.4 Å². The van der Waals surface area contributed by atoms with E-state index < -0.39 is 10.8 Å². The second kappa shape index (κ2) is 7.30. The van der Waals surface area contributed by atoms with Gasteiger partial charge in [0, 0.05) is 16.8 Å². The van der Waals surface area contributed by atoms with Crippen molar-refractivity contribution in [3.05, 3.63) is 62.1 Å². The second-order valence-electron chi connectivity index (χ2n) is 4.67. The lowest BCUT2D eigenvalue weighted by Crippen LogP contribution is -2.20. The molecular weight excluding hydrogens is 343 g/mol. The minimum atomic E-state index is -0.620. The molecule has 0 radical (unpaired) electrons. The van der Waals surface area contributed by atoms with Gasteiger partial charge >= 0.3 is 0 Å². The van der Waals surface area contributed by atoms with E-state index in [0.717, 1.165) is 5.56 Å². The first kappa shape index (κ1) is 17.1. The van der Waals surface area contributed by atoms with Gasteiger partial charge < -0.3 is 10.1 Å². The molecule has 0 bridgehead atoms. The van der Waals surface area contributed by atoms with Crippen molar-refractivity contribution in [1.29, 1.82) is 0 Å². The van der Waals surface area contributed by atoms with Crippen molar-refractivity contribution in [1.82, 2.24) is 0 Å². The second-order valence-corrected chi connectivity index (χ2v) is 5.49. The Bertz CT molecular complexity index is 765. The van der Waals surface area contributed by atoms with Gasteiger partial charge in [0.1, 0.15) is 10.8 Å². The molecule has 0 saturated heterocycles. The van der Waals surface area contributed by atoms with Crippen molar-refractivity contribution in [3.8, 4) is 5.75 Å². The van der Waals surface area contributed by atoms with Crippen LogP contribution in [0.1, 0.15) is 5.56 Å².